The van der Waals surface area contributed by atoms with Gasteiger partial charge in [0.05, 0.1) is 23.9 Å². The van der Waals surface area contributed by atoms with Crippen molar-refractivity contribution in [1.82, 2.24) is 4.98 Å². The highest BCUT2D eigenvalue weighted by Crippen LogP contribution is 2.34. The molecule has 2 aromatic carbocycles. The number of rotatable bonds is 3. The third-order valence-corrected chi connectivity index (χ3v) is 5.35. The van der Waals surface area contributed by atoms with Gasteiger partial charge < -0.3 is 15.4 Å². The van der Waals surface area contributed by atoms with Gasteiger partial charge in [0.2, 0.25) is 0 Å². The molecule has 1 aliphatic rings. The van der Waals surface area contributed by atoms with E-state index in [0.717, 1.165) is 47.9 Å². The van der Waals surface area contributed by atoms with Crippen LogP contribution >= 0.6 is 11.3 Å². The smallest absolute Gasteiger partial charge is 0.120 e. The predicted molar refractivity (Wildman–Crippen MR) is 96.4 cm³/mol. The van der Waals surface area contributed by atoms with Gasteiger partial charge >= 0.3 is 0 Å². The average Bonchev–Trinajstić information content (AvgIpc) is 2.97. The number of benzene rings is 2. The summed E-state index contributed by atoms with van der Waals surface area (Å²) in [5.41, 5.74) is 10.6. The minimum absolute atomic E-state index is 0.831. The third kappa shape index (κ3) is 2.61. The van der Waals surface area contributed by atoms with E-state index in [9.17, 15) is 0 Å². The molecule has 0 amide bonds. The van der Waals surface area contributed by atoms with Crippen LogP contribution in [-0.2, 0) is 13.0 Å². The number of nitrogens with two attached hydrogens (primary N) is 1. The molecule has 2 N–H and O–H groups in total. The van der Waals surface area contributed by atoms with Gasteiger partial charge in [-0.25, -0.2) is 4.98 Å². The number of nitrogen functional groups attached to an aromatic ring is 1. The van der Waals surface area contributed by atoms with Gasteiger partial charge in [-0.2, -0.15) is 0 Å². The number of aromatic nitrogens is 1. The van der Waals surface area contributed by atoms with Gasteiger partial charge in [-0.15, -0.1) is 11.3 Å². The maximum atomic E-state index is 6.14. The molecule has 4 nitrogen and oxygen atoms in total. The fourth-order valence-electron chi connectivity index (χ4n) is 3.20. The van der Waals surface area contributed by atoms with Gasteiger partial charge in [0.25, 0.3) is 0 Å². The molecule has 5 heteroatoms. The van der Waals surface area contributed by atoms with Crippen molar-refractivity contribution in [2.75, 3.05) is 24.3 Å². The maximum Gasteiger partial charge on any atom is 0.120 e. The zero-order valence-electron chi connectivity index (χ0n) is 13.1. The van der Waals surface area contributed by atoms with E-state index in [1.54, 1.807) is 18.4 Å². The SMILES string of the molecule is COc1ccc2nc(CN3CCCc4c(N)cccc43)sc2c1. The second-order valence-electron chi connectivity index (χ2n) is 5.81. The molecule has 0 radical (unpaired) electrons. The maximum absolute atomic E-state index is 6.14. The predicted octanol–water partition coefficient (Wildman–Crippen LogP) is 3.84. The molecule has 1 aromatic heterocycles. The Morgan fingerprint density at radius 3 is 3.09 bits per heavy atom. The molecule has 23 heavy (non-hydrogen) atoms. The van der Waals surface area contributed by atoms with E-state index in [1.807, 2.05) is 24.3 Å². The summed E-state index contributed by atoms with van der Waals surface area (Å²) in [5, 5.41) is 1.13. The molecule has 4 rings (SSSR count). The van der Waals surface area contributed by atoms with Crippen LogP contribution in [0.2, 0.25) is 0 Å². The zero-order valence-corrected chi connectivity index (χ0v) is 13.9. The molecular weight excluding hydrogens is 306 g/mol. The normalized spacial score (nSPS) is 14.0. The topological polar surface area (TPSA) is 51.4 Å². The Morgan fingerprint density at radius 2 is 2.22 bits per heavy atom. The third-order valence-electron chi connectivity index (χ3n) is 4.35. The van der Waals surface area contributed by atoms with Crippen LogP contribution in [0.5, 0.6) is 5.75 Å². The van der Waals surface area contributed by atoms with Gasteiger partial charge in [-0.05, 0) is 48.7 Å². The summed E-state index contributed by atoms with van der Waals surface area (Å²) in [4.78, 5) is 7.16. The average molecular weight is 325 g/mol. The van der Waals surface area contributed by atoms with Gasteiger partial charge in [0.15, 0.2) is 0 Å². The Morgan fingerprint density at radius 1 is 1.30 bits per heavy atom. The van der Waals surface area contributed by atoms with Crippen LogP contribution in [0.4, 0.5) is 11.4 Å². The zero-order chi connectivity index (χ0) is 15.8. The van der Waals surface area contributed by atoms with E-state index in [-0.39, 0.29) is 0 Å². The molecule has 0 unspecified atom stereocenters. The lowest BCUT2D eigenvalue weighted by atomic mass is 10.00. The Balaban J connectivity index is 1.65. The van der Waals surface area contributed by atoms with Crippen LogP contribution in [0, 0.1) is 0 Å². The molecule has 0 aliphatic carbocycles. The van der Waals surface area contributed by atoms with Crippen molar-refractivity contribution >= 4 is 32.9 Å². The molecule has 0 saturated heterocycles. The van der Waals surface area contributed by atoms with Crippen LogP contribution in [-0.4, -0.2) is 18.6 Å². The summed E-state index contributed by atoms with van der Waals surface area (Å²) in [5.74, 6) is 0.879. The molecule has 2 heterocycles. The number of ether oxygens (including phenoxy) is 1. The van der Waals surface area contributed by atoms with Crippen LogP contribution in [0.1, 0.15) is 17.0 Å². The standard InChI is InChI=1S/C18H19N3OS/c1-22-12-7-8-15-17(10-12)23-18(20-15)11-21-9-3-4-13-14(19)5-2-6-16(13)21/h2,5-8,10H,3-4,9,11,19H2,1H3. The molecule has 0 fully saturated rings. The summed E-state index contributed by atoms with van der Waals surface area (Å²) in [7, 11) is 1.69. The van der Waals surface area contributed by atoms with Gasteiger partial charge in [0, 0.05) is 17.9 Å². The molecule has 3 aromatic rings. The molecule has 0 spiro atoms. The van der Waals surface area contributed by atoms with Crippen LogP contribution < -0.4 is 15.4 Å². The molecule has 1 aliphatic heterocycles. The quantitative estimate of drug-likeness (QED) is 0.743. The first-order valence-corrected chi connectivity index (χ1v) is 8.62. The monoisotopic (exact) mass is 325 g/mol. The Hall–Kier alpha value is -2.27. The van der Waals surface area contributed by atoms with Crippen LogP contribution in [0.3, 0.4) is 0 Å². The number of hydrogen-bond acceptors (Lipinski definition) is 5. The minimum atomic E-state index is 0.831. The summed E-state index contributed by atoms with van der Waals surface area (Å²) in [6.07, 6.45) is 2.20. The fraction of sp³-hybridized carbons (Fsp3) is 0.278. The summed E-state index contributed by atoms with van der Waals surface area (Å²) in [6, 6.07) is 12.2. The number of anilines is 2. The van der Waals surface area contributed by atoms with E-state index >= 15 is 0 Å². The fourth-order valence-corrected chi connectivity index (χ4v) is 4.21. The minimum Gasteiger partial charge on any atom is -0.497 e. The van der Waals surface area contributed by atoms with E-state index in [2.05, 4.69) is 17.0 Å². The number of nitrogens with zero attached hydrogens (tertiary/aromatic N) is 2. The number of hydrogen-bond donors (Lipinski definition) is 1. The highest BCUT2D eigenvalue weighted by Gasteiger charge is 2.19. The highest BCUT2D eigenvalue weighted by atomic mass is 32.1. The van der Waals surface area contributed by atoms with E-state index in [4.69, 9.17) is 15.5 Å². The highest BCUT2D eigenvalue weighted by molar-refractivity contribution is 7.18. The molecule has 118 valence electrons. The second kappa shape index (κ2) is 5.74. The van der Waals surface area contributed by atoms with E-state index in [0.29, 0.717) is 0 Å². The molecule has 0 bridgehead atoms. The summed E-state index contributed by atoms with van der Waals surface area (Å²) in [6.45, 7) is 1.88. The van der Waals surface area contributed by atoms with Gasteiger partial charge in [0.1, 0.15) is 10.8 Å². The van der Waals surface area contributed by atoms with Crippen LogP contribution in [0.25, 0.3) is 10.2 Å². The van der Waals surface area contributed by atoms with E-state index in [1.165, 1.54) is 16.0 Å². The lowest BCUT2D eigenvalue weighted by Crippen LogP contribution is -2.29. The van der Waals surface area contributed by atoms with Crippen molar-refractivity contribution in [1.29, 1.82) is 0 Å². The van der Waals surface area contributed by atoms with Gasteiger partial charge in [-0.1, -0.05) is 6.07 Å². The largest absolute Gasteiger partial charge is 0.497 e. The molecule has 0 atom stereocenters. The van der Waals surface area contributed by atoms with Crippen LogP contribution in [0.15, 0.2) is 36.4 Å². The van der Waals surface area contributed by atoms with Crippen molar-refractivity contribution in [2.24, 2.45) is 0 Å². The molecular formula is C18H19N3OS. The second-order valence-corrected chi connectivity index (χ2v) is 6.93. The summed E-state index contributed by atoms with van der Waals surface area (Å²) >= 11 is 1.74. The van der Waals surface area contributed by atoms with Gasteiger partial charge in [-0.3, -0.25) is 0 Å². The lowest BCUT2D eigenvalue weighted by Gasteiger charge is -2.31. The number of fused-ring (bicyclic) bond motifs is 2. The van der Waals surface area contributed by atoms with Crippen molar-refractivity contribution in [3.63, 3.8) is 0 Å². The van der Waals surface area contributed by atoms with Crippen molar-refractivity contribution in [3.05, 3.63) is 47.0 Å². The first-order valence-electron chi connectivity index (χ1n) is 7.80. The Kier molecular flexibility index (Phi) is 3.58. The lowest BCUT2D eigenvalue weighted by molar-refractivity contribution is 0.415. The Bertz CT molecular complexity index is 859. The Labute approximate surface area is 139 Å². The first-order chi connectivity index (χ1) is 11.2. The summed E-state index contributed by atoms with van der Waals surface area (Å²) < 4.78 is 6.47. The number of thiazole rings is 1. The number of methoxy groups -OCH3 is 1. The van der Waals surface area contributed by atoms with Crippen molar-refractivity contribution < 1.29 is 4.74 Å². The van der Waals surface area contributed by atoms with E-state index < -0.39 is 0 Å². The molecule has 0 saturated carbocycles. The first kappa shape index (κ1) is 14.3. The van der Waals surface area contributed by atoms with Crippen molar-refractivity contribution in [2.45, 2.75) is 19.4 Å². The van der Waals surface area contributed by atoms with Crippen molar-refractivity contribution in [3.8, 4) is 5.75 Å².